The van der Waals surface area contributed by atoms with E-state index in [2.05, 4.69) is 53.5 Å². The van der Waals surface area contributed by atoms with Gasteiger partial charge in [0.2, 0.25) is 5.91 Å². The number of nitrogens with zero attached hydrogens (tertiary/aromatic N) is 1. The first-order valence-electron chi connectivity index (χ1n) is 12.0. The van der Waals surface area contributed by atoms with Crippen LogP contribution >= 0.6 is 11.8 Å². The summed E-state index contributed by atoms with van der Waals surface area (Å²) in [5, 5.41) is 3.04. The molecule has 1 aliphatic rings. The fourth-order valence-electron chi connectivity index (χ4n) is 4.43. The number of benzene rings is 3. The maximum Gasteiger partial charge on any atom is 0.226 e. The van der Waals surface area contributed by atoms with Crippen molar-refractivity contribution in [3.05, 3.63) is 89.2 Å². The summed E-state index contributed by atoms with van der Waals surface area (Å²) in [6, 6.07) is 21.6. The lowest BCUT2D eigenvalue weighted by atomic mass is 9.86. The Hall–Kier alpha value is -2.63. The van der Waals surface area contributed by atoms with Gasteiger partial charge in [-0.25, -0.2) is 4.39 Å². The van der Waals surface area contributed by atoms with E-state index in [0.717, 1.165) is 48.0 Å². The summed E-state index contributed by atoms with van der Waals surface area (Å²) in [6.07, 6.45) is 2.24. The van der Waals surface area contributed by atoms with Crippen LogP contribution in [0.5, 0.6) is 0 Å². The Morgan fingerprint density at radius 2 is 1.76 bits per heavy atom. The number of carbonyl (C=O) groups excluding carboxylic acids is 1. The molecular formula is C29H33FN2OS. The Morgan fingerprint density at radius 1 is 1.03 bits per heavy atom. The van der Waals surface area contributed by atoms with Crippen LogP contribution in [0.1, 0.15) is 49.3 Å². The number of piperidine rings is 1. The van der Waals surface area contributed by atoms with Crippen LogP contribution in [0.25, 0.3) is 0 Å². The van der Waals surface area contributed by atoms with Crippen molar-refractivity contribution >= 4 is 23.4 Å². The fraction of sp³-hybridized carbons (Fsp3) is 0.345. The summed E-state index contributed by atoms with van der Waals surface area (Å²) in [7, 11) is 0. The van der Waals surface area contributed by atoms with Crippen LogP contribution in [0, 0.1) is 18.7 Å². The Labute approximate surface area is 206 Å². The highest BCUT2D eigenvalue weighted by Crippen LogP contribution is 2.33. The SMILES string of the molecule is Cc1ccc(NC(=O)C(C)C)cc1C1CCN(Cc2ccc(Sc3cccc(F)c3)cc2)CC1. The van der Waals surface area contributed by atoms with E-state index in [9.17, 15) is 9.18 Å². The van der Waals surface area contributed by atoms with Gasteiger partial charge in [-0.05, 0) is 97.9 Å². The van der Waals surface area contributed by atoms with E-state index in [0.29, 0.717) is 5.92 Å². The van der Waals surface area contributed by atoms with Gasteiger partial charge >= 0.3 is 0 Å². The zero-order valence-corrected chi connectivity index (χ0v) is 21.0. The molecular weight excluding hydrogens is 443 g/mol. The number of aryl methyl sites for hydroxylation is 1. The molecule has 178 valence electrons. The van der Waals surface area contributed by atoms with E-state index < -0.39 is 0 Å². The first-order chi connectivity index (χ1) is 16.4. The largest absolute Gasteiger partial charge is 0.326 e. The molecule has 1 saturated heterocycles. The zero-order chi connectivity index (χ0) is 24.1. The standard InChI is InChI=1S/C29H33FN2OS/c1-20(2)29(33)31-25-10-7-21(3)28(18-25)23-13-15-32(16-14-23)19-22-8-11-26(12-9-22)34-27-6-4-5-24(30)17-27/h4-12,17-18,20,23H,13-16,19H2,1-3H3,(H,31,33). The second-order valence-corrected chi connectivity index (χ2v) is 10.6. The molecule has 5 heteroatoms. The monoisotopic (exact) mass is 476 g/mol. The number of nitrogens with one attached hydrogen (secondary N) is 1. The summed E-state index contributed by atoms with van der Waals surface area (Å²) in [6.45, 7) is 9.06. The Balaban J connectivity index is 1.31. The molecule has 1 aliphatic heterocycles. The lowest BCUT2D eigenvalue weighted by Gasteiger charge is -2.33. The molecule has 0 aliphatic carbocycles. The molecule has 34 heavy (non-hydrogen) atoms. The minimum absolute atomic E-state index is 0.0259. The Kier molecular flexibility index (Phi) is 8.07. The van der Waals surface area contributed by atoms with Gasteiger partial charge in [0.25, 0.3) is 0 Å². The molecule has 0 spiro atoms. The van der Waals surface area contributed by atoms with Crippen LogP contribution < -0.4 is 5.32 Å². The van der Waals surface area contributed by atoms with Crippen molar-refractivity contribution in [2.45, 2.75) is 55.9 Å². The number of hydrogen-bond donors (Lipinski definition) is 1. The molecule has 1 amide bonds. The van der Waals surface area contributed by atoms with Crippen molar-refractivity contribution < 1.29 is 9.18 Å². The Morgan fingerprint density at radius 3 is 2.44 bits per heavy atom. The zero-order valence-electron chi connectivity index (χ0n) is 20.2. The highest BCUT2D eigenvalue weighted by Gasteiger charge is 2.22. The van der Waals surface area contributed by atoms with Crippen molar-refractivity contribution in [2.24, 2.45) is 5.92 Å². The van der Waals surface area contributed by atoms with Crippen LogP contribution in [0.15, 0.2) is 76.5 Å². The maximum atomic E-state index is 13.4. The lowest BCUT2D eigenvalue weighted by molar-refractivity contribution is -0.118. The van der Waals surface area contributed by atoms with Crippen LogP contribution in [0.2, 0.25) is 0 Å². The first kappa shape index (κ1) is 24.5. The van der Waals surface area contributed by atoms with Crippen molar-refractivity contribution in [3.63, 3.8) is 0 Å². The van der Waals surface area contributed by atoms with Crippen LogP contribution in [0.4, 0.5) is 10.1 Å². The number of rotatable bonds is 7. The third kappa shape index (κ3) is 6.49. The van der Waals surface area contributed by atoms with E-state index in [-0.39, 0.29) is 17.6 Å². The predicted molar refractivity (Wildman–Crippen MR) is 139 cm³/mol. The van der Waals surface area contributed by atoms with Gasteiger partial charge in [0.05, 0.1) is 0 Å². The molecule has 4 rings (SSSR count). The molecule has 3 aromatic carbocycles. The number of hydrogen-bond acceptors (Lipinski definition) is 3. The predicted octanol–water partition coefficient (Wildman–Crippen LogP) is 7.26. The van der Waals surface area contributed by atoms with Crippen molar-refractivity contribution in [3.8, 4) is 0 Å². The van der Waals surface area contributed by atoms with Gasteiger partial charge in [-0.1, -0.05) is 49.9 Å². The van der Waals surface area contributed by atoms with Gasteiger partial charge < -0.3 is 5.32 Å². The molecule has 0 unspecified atom stereocenters. The van der Waals surface area contributed by atoms with E-state index in [4.69, 9.17) is 0 Å². The van der Waals surface area contributed by atoms with E-state index in [1.807, 2.05) is 26.0 Å². The maximum absolute atomic E-state index is 13.4. The molecule has 0 radical (unpaired) electrons. The van der Waals surface area contributed by atoms with Crippen molar-refractivity contribution in [1.82, 2.24) is 4.90 Å². The second kappa shape index (κ2) is 11.2. The van der Waals surface area contributed by atoms with Gasteiger partial charge in [-0.2, -0.15) is 0 Å². The summed E-state index contributed by atoms with van der Waals surface area (Å²) < 4.78 is 13.4. The Bertz CT molecular complexity index is 1120. The van der Waals surface area contributed by atoms with Crippen LogP contribution in [-0.4, -0.2) is 23.9 Å². The number of amides is 1. The van der Waals surface area contributed by atoms with Gasteiger partial charge in [0, 0.05) is 27.9 Å². The van der Waals surface area contributed by atoms with E-state index >= 15 is 0 Å². The molecule has 3 nitrogen and oxygen atoms in total. The molecule has 1 heterocycles. The van der Waals surface area contributed by atoms with Gasteiger partial charge in [-0.3, -0.25) is 9.69 Å². The van der Waals surface area contributed by atoms with Crippen LogP contribution in [-0.2, 0) is 11.3 Å². The van der Waals surface area contributed by atoms with Crippen molar-refractivity contribution in [1.29, 1.82) is 0 Å². The summed E-state index contributed by atoms with van der Waals surface area (Å²) in [5.41, 5.74) is 4.86. The minimum atomic E-state index is -0.202. The highest BCUT2D eigenvalue weighted by molar-refractivity contribution is 7.99. The highest BCUT2D eigenvalue weighted by atomic mass is 32.2. The molecule has 0 saturated carbocycles. The second-order valence-electron chi connectivity index (χ2n) is 9.47. The average molecular weight is 477 g/mol. The number of likely N-dealkylation sites (tertiary alicyclic amines) is 1. The van der Waals surface area contributed by atoms with Gasteiger partial charge in [0.1, 0.15) is 5.82 Å². The third-order valence-corrected chi connectivity index (χ3v) is 7.46. The quantitative estimate of drug-likeness (QED) is 0.389. The minimum Gasteiger partial charge on any atom is -0.326 e. The van der Waals surface area contributed by atoms with Crippen molar-refractivity contribution in [2.75, 3.05) is 18.4 Å². The van der Waals surface area contributed by atoms with Gasteiger partial charge in [0.15, 0.2) is 0 Å². The molecule has 0 aromatic heterocycles. The van der Waals surface area contributed by atoms with Gasteiger partial charge in [-0.15, -0.1) is 0 Å². The molecule has 0 bridgehead atoms. The van der Waals surface area contributed by atoms with E-state index in [1.165, 1.54) is 22.8 Å². The first-order valence-corrected chi connectivity index (χ1v) is 12.8. The van der Waals surface area contributed by atoms with E-state index in [1.54, 1.807) is 23.9 Å². The summed E-state index contributed by atoms with van der Waals surface area (Å²) in [4.78, 5) is 16.6. The number of carbonyl (C=O) groups is 1. The summed E-state index contributed by atoms with van der Waals surface area (Å²) >= 11 is 1.58. The third-order valence-electron chi connectivity index (χ3n) is 6.46. The topological polar surface area (TPSA) is 32.3 Å². The molecule has 1 fully saturated rings. The molecule has 0 atom stereocenters. The van der Waals surface area contributed by atoms with Crippen LogP contribution in [0.3, 0.4) is 0 Å². The molecule has 1 N–H and O–H groups in total. The smallest absolute Gasteiger partial charge is 0.226 e. The summed E-state index contributed by atoms with van der Waals surface area (Å²) in [5.74, 6) is 0.358. The normalized spacial score (nSPS) is 15.0. The number of anilines is 1. The molecule has 3 aromatic rings. The lowest BCUT2D eigenvalue weighted by Crippen LogP contribution is -2.32. The number of halogens is 1. The average Bonchev–Trinajstić information content (AvgIpc) is 2.82. The fourth-order valence-corrected chi connectivity index (χ4v) is 5.30.